The molecule has 1 aromatic carbocycles. The second kappa shape index (κ2) is 4.61. The van der Waals surface area contributed by atoms with Gasteiger partial charge in [0.15, 0.2) is 0 Å². The van der Waals surface area contributed by atoms with Crippen LogP contribution in [0.4, 0.5) is 15.9 Å². The lowest BCUT2D eigenvalue weighted by atomic mass is 10.2. The molecular weight excluding hydrogens is 223 g/mol. The van der Waals surface area contributed by atoms with Crippen LogP contribution in [0.5, 0.6) is 0 Å². The summed E-state index contributed by atoms with van der Waals surface area (Å²) in [4.78, 5) is 14.7. The van der Waals surface area contributed by atoms with Crippen LogP contribution in [-0.2, 0) is 0 Å². The first-order valence-corrected chi connectivity index (χ1v) is 4.87. The average molecular weight is 232 g/mol. The van der Waals surface area contributed by atoms with Gasteiger partial charge in [-0.1, -0.05) is 6.07 Å². The Hall–Kier alpha value is -2.43. The van der Waals surface area contributed by atoms with Gasteiger partial charge in [0.1, 0.15) is 11.6 Å². The number of hydrogen-bond acceptors (Lipinski definition) is 3. The number of carboxylic acid groups (broad SMARTS) is 1. The van der Waals surface area contributed by atoms with Gasteiger partial charge in [0, 0.05) is 11.9 Å². The van der Waals surface area contributed by atoms with Crippen LogP contribution in [-0.4, -0.2) is 16.1 Å². The van der Waals surface area contributed by atoms with Crippen LogP contribution in [0.2, 0.25) is 0 Å². The molecule has 5 heteroatoms. The molecule has 86 valence electrons. The van der Waals surface area contributed by atoms with Crippen LogP contribution in [0.3, 0.4) is 0 Å². The largest absolute Gasteiger partial charge is 0.478 e. The number of halogens is 1. The van der Waals surface area contributed by atoms with Gasteiger partial charge in [-0.2, -0.15) is 0 Å². The van der Waals surface area contributed by atoms with Crippen molar-refractivity contribution >= 4 is 17.5 Å². The van der Waals surface area contributed by atoms with Gasteiger partial charge >= 0.3 is 5.97 Å². The molecule has 2 aromatic rings. The van der Waals surface area contributed by atoms with Gasteiger partial charge in [-0.15, -0.1) is 0 Å². The fourth-order valence-corrected chi connectivity index (χ4v) is 1.37. The average Bonchev–Trinajstić information content (AvgIpc) is 2.29. The van der Waals surface area contributed by atoms with Crippen molar-refractivity contribution in [2.45, 2.75) is 0 Å². The zero-order valence-electron chi connectivity index (χ0n) is 8.72. The normalized spacial score (nSPS) is 9.94. The molecule has 0 radical (unpaired) electrons. The summed E-state index contributed by atoms with van der Waals surface area (Å²) in [5, 5.41) is 11.6. The highest BCUT2D eigenvalue weighted by atomic mass is 19.1. The number of hydrogen-bond donors (Lipinski definition) is 2. The highest BCUT2D eigenvalue weighted by molar-refractivity contribution is 5.89. The second-order valence-electron chi connectivity index (χ2n) is 3.37. The molecule has 0 saturated heterocycles. The van der Waals surface area contributed by atoms with Crippen LogP contribution in [0, 0.1) is 5.82 Å². The summed E-state index contributed by atoms with van der Waals surface area (Å²) < 4.78 is 13.2. The quantitative estimate of drug-likeness (QED) is 0.853. The van der Waals surface area contributed by atoms with Crippen molar-refractivity contribution in [2.75, 3.05) is 5.32 Å². The third-order valence-corrected chi connectivity index (χ3v) is 2.08. The van der Waals surface area contributed by atoms with Gasteiger partial charge in [-0.05, 0) is 30.3 Å². The van der Waals surface area contributed by atoms with E-state index in [1.807, 2.05) is 0 Å². The number of rotatable bonds is 3. The summed E-state index contributed by atoms with van der Waals surface area (Å²) >= 11 is 0. The number of aromatic nitrogens is 1. The minimum atomic E-state index is -1.17. The number of pyridine rings is 1. The van der Waals surface area contributed by atoms with E-state index in [9.17, 15) is 9.18 Å². The van der Waals surface area contributed by atoms with Crippen molar-refractivity contribution in [3.63, 3.8) is 0 Å². The number of aromatic carboxylic acids is 1. The Bertz CT molecular complexity index is 543. The highest BCUT2D eigenvalue weighted by Gasteiger charge is 2.07. The molecule has 0 saturated carbocycles. The number of carboxylic acids is 1. The predicted octanol–water partition coefficient (Wildman–Crippen LogP) is 2.66. The molecule has 0 fully saturated rings. The van der Waals surface area contributed by atoms with E-state index < -0.39 is 11.8 Å². The van der Waals surface area contributed by atoms with Crippen LogP contribution < -0.4 is 5.32 Å². The fourth-order valence-electron chi connectivity index (χ4n) is 1.37. The molecule has 0 spiro atoms. The van der Waals surface area contributed by atoms with Crippen molar-refractivity contribution in [3.05, 3.63) is 54.0 Å². The van der Waals surface area contributed by atoms with E-state index in [-0.39, 0.29) is 5.56 Å². The van der Waals surface area contributed by atoms with Crippen LogP contribution in [0.1, 0.15) is 10.4 Å². The van der Waals surface area contributed by atoms with E-state index in [2.05, 4.69) is 10.3 Å². The van der Waals surface area contributed by atoms with Crippen molar-refractivity contribution in [1.29, 1.82) is 0 Å². The number of anilines is 2. The fraction of sp³-hybridized carbons (Fsp3) is 0. The van der Waals surface area contributed by atoms with Crippen molar-refractivity contribution < 1.29 is 14.3 Å². The molecule has 0 unspecified atom stereocenters. The number of benzene rings is 1. The van der Waals surface area contributed by atoms with Gasteiger partial charge in [-0.3, -0.25) is 0 Å². The Labute approximate surface area is 96.7 Å². The highest BCUT2D eigenvalue weighted by Crippen LogP contribution is 2.17. The number of nitrogens with zero attached hydrogens (tertiary/aromatic N) is 1. The lowest BCUT2D eigenvalue weighted by molar-refractivity contribution is 0.0696. The van der Waals surface area contributed by atoms with Gasteiger partial charge in [0.2, 0.25) is 0 Å². The number of nitrogens with one attached hydrogen (secondary N) is 1. The lowest BCUT2D eigenvalue weighted by Crippen LogP contribution is -2.00. The van der Waals surface area contributed by atoms with Gasteiger partial charge in [0.05, 0.1) is 5.56 Å². The topological polar surface area (TPSA) is 62.2 Å². The summed E-state index contributed by atoms with van der Waals surface area (Å²) in [6.07, 6.45) is 1.58. The second-order valence-corrected chi connectivity index (χ2v) is 3.37. The Morgan fingerprint density at radius 2 is 2.12 bits per heavy atom. The van der Waals surface area contributed by atoms with E-state index in [4.69, 9.17) is 5.11 Å². The summed E-state index contributed by atoms with van der Waals surface area (Å²) in [6, 6.07) is 8.74. The third-order valence-electron chi connectivity index (χ3n) is 2.08. The smallest absolute Gasteiger partial charge is 0.335 e. The molecule has 0 amide bonds. The zero-order chi connectivity index (χ0) is 12.3. The minimum absolute atomic E-state index is 0.108. The van der Waals surface area contributed by atoms with Gasteiger partial charge in [-0.25, -0.2) is 14.2 Å². The Morgan fingerprint density at radius 1 is 1.29 bits per heavy atom. The molecule has 0 atom stereocenters. The molecular formula is C12H9FN2O2. The van der Waals surface area contributed by atoms with Crippen LogP contribution in [0.25, 0.3) is 0 Å². The molecule has 0 aliphatic heterocycles. The van der Waals surface area contributed by atoms with E-state index in [0.29, 0.717) is 11.5 Å². The maximum atomic E-state index is 13.2. The van der Waals surface area contributed by atoms with Crippen molar-refractivity contribution in [2.24, 2.45) is 0 Å². The Balaban J connectivity index is 2.30. The molecule has 4 nitrogen and oxygen atoms in total. The van der Waals surface area contributed by atoms with Crippen molar-refractivity contribution in [1.82, 2.24) is 4.98 Å². The van der Waals surface area contributed by atoms with E-state index >= 15 is 0 Å². The molecule has 17 heavy (non-hydrogen) atoms. The maximum absolute atomic E-state index is 13.2. The summed E-state index contributed by atoms with van der Waals surface area (Å²) in [5.41, 5.74) is 0.240. The molecule has 1 aromatic heterocycles. The van der Waals surface area contributed by atoms with E-state index in [1.54, 1.807) is 24.4 Å². The van der Waals surface area contributed by atoms with E-state index in [0.717, 1.165) is 6.07 Å². The molecule has 2 N–H and O–H groups in total. The first-order valence-electron chi connectivity index (χ1n) is 4.87. The van der Waals surface area contributed by atoms with Crippen molar-refractivity contribution in [3.8, 4) is 0 Å². The molecule has 2 rings (SSSR count). The van der Waals surface area contributed by atoms with Crippen LogP contribution in [0.15, 0.2) is 42.6 Å². The molecule has 0 bridgehead atoms. The SMILES string of the molecule is O=C(O)c1cc(F)cc(Nc2ccccn2)c1. The van der Waals surface area contributed by atoms with E-state index in [1.165, 1.54) is 12.1 Å². The molecule has 0 aliphatic carbocycles. The molecule has 1 heterocycles. The monoisotopic (exact) mass is 232 g/mol. The molecule has 0 aliphatic rings. The zero-order valence-corrected chi connectivity index (χ0v) is 8.72. The lowest BCUT2D eigenvalue weighted by Gasteiger charge is -2.06. The Kier molecular flexibility index (Phi) is 3.00. The third kappa shape index (κ3) is 2.78. The van der Waals surface area contributed by atoms with Crippen LogP contribution >= 0.6 is 0 Å². The maximum Gasteiger partial charge on any atom is 0.335 e. The number of carbonyl (C=O) groups is 1. The summed E-state index contributed by atoms with van der Waals surface area (Å²) in [5.74, 6) is -1.26. The summed E-state index contributed by atoms with van der Waals surface area (Å²) in [7, 11) is 0. The first-order chi connectivity index (χ1) is 8.15. The van der Waals surface area contributed by atoms with Gasteiger partial charge in [0.25, 0.3) is 0 Å². The predicted molar refractivity (Wildman–Crippen MR) is 60.9 cm³/mol. The minimum Gasteiger partial charge on any atom is -0.478 e. The summed E-state index contributed by atoms with van der Waals surface area (Å²) in [6.45, 7) is 0. The Morgan fingerprint density at radius 3 is 2.76 bits per heavy atom. The standard InChI is InChI=1S/C12H9FN2O2/c13-9-5-8(12(16)17)6-10(7-9)15-11-3-1-2-4-14-11/h1-7H,(H,14,15)(H,16,17). The first kappa shape index (κ1) is 11.1. The van der Waals surface area contributed by atoms with Gasteiger partial charge < -0.3 is 10.4 Å².